The standard InChI is InChI=1S/C18H21N7O8S3/c1-34(26,27)25-14-6-2-4-12(10-14)20-17-22-16(19-8-9-35(28,29)30)23-18(24-17)21-13-5-3-7-15(11-13)36(31,32)33/h2-7,10-11,25H,8-9H2,1H3,(H,28,29,30)(H,31,32,33)(H3,19,20,21,22,23,24). The molecule has 0 aliphatic heterocycles. The van der Waals surface area contributed by atoms with Crippen molar-refractivity contribution in [1.82, 2.24) is 15.0 Å². The van der Waals surface area contributed by atoms with Crippen molar-refractivity contribution >= 4 is 65.2 Å². The molecule has 0 unspecified atom stereocenters. The van der Waals surface area contributed by atoms with Crippen LogP contribution in [0.15, 0.2) is 53.4 Å². The number of sulfonamides is 1. The molecule has 0 fully saturated rings. The highest BCUT2D eigenvalue weighted by Gasteiger charge is 2.13. The molecule has 15 nitrogen and oxygen atoms in total. The first-order valence-electron chi connectivity index (χ1n) is 9.81. The predicted octanol–water partition coefficient (Wildman–Crippen LogP) is 1.28. The second-order valence-corrected chi connectivity index (χ2v) is 12.0. The fraction of sp³-hybridized carbons (Fsp3) is 0.167. The van der Waals surface area contributed by atoms with Crippen LogP contribution in [0.4, 0.5) is 34.9 Å². The monoisotopic (exact) mass is 559 g/mol. The van der Waals surface area contributed by atoms with Crippen molar-refractivity contribution in [3.63, 3.8) is 0 Å². The van der Waals surface area contributed by atoms with Crippen LogP contribution in [-0.4, -0.2) is 67.9 Å². The van der Waals surface area contributed by atoms with Crippen LogP contribution in [0.2, 0.25) is 0 Å². The summed E-state index contributed by atoms with van der Waals surface area (Å²) in [4.78, 5) is 12.0. The average Bonchev–Trinajstić information content (AvgIpc) is 2.71. The van der Waals surface area contributed by atoms with Crippen molar-refractivity contribution in [3.8, 4) is 0 Å². The van der Waals surface area contributed by atoms with E-state index in [2.05, 4.69) is 35.6 Å². The van der Waals surface area contributed by atoms with Gasteiger partial charge in [-0.05, 0) is 36.4 Å². The Kier molecular flexibility index (Phi) is 7.94. The number of nitrogens with one attached hydrogen (secondary N) is 4. The summed E-state index contributed by atoms with van der Waals surface area (Å²) in [5.41, 5.74) is 0.854. The SMILES string of the molecule is CS(=O)(=O)Nc1cccc(Nc2nc(NCCS(=O)(=O)O)nc(Nc3cccc(S(=O)(=O)O)c3)n2)c1. The molecule has 1 aromatic heterocycles. The van der Waals surface area contributed by atoms with Gasteiger partial charge in [0.15, 0.2) is 0 Å². The van der Waals surface area contributed by atoms with E-state index in [1.165, 1.54) is 30.3 Å². The molecule has 3 aromatic rings. The normalized spacial score (nSPS) is 12.1. The van der Waals surface area contributed by atoms with Gasteiger partial charge in [-0.1, -0.05) is 12.1 Å². The molecule has 0 spiro atoms. The van der Waals surface area contributed by atoms with E-state index in [4.69, 9.17) is 4.55 Å². The van der Waals surface area contributed by atoms with E-state index in [1.807, 2.05) is 0 Å². The molecule has 0 amide bonds. The van der Waals surface area contributed by atoms with E-state index < -0.39 is 36.0 Å². The van der Waals surface area contributed by atoms with Gasteiger partial charge in [0.1, 0.15) is 0 Å². The van der Waals surface area contributed by atoms with Crippen molar-refractivity contribution in [2.24, 2.45) is 0 Å². The van der Waals surface area contributed by atoms with E-state index in [-0.39, 0.29) is 40.7 Å². The topological polar surface area (TPSA) is 230 Å². The summed E-state index contributed by atoms with van der Waals surface area (Å²) in [6.07, 6.45) is 0.999. The van der Waals surface area contributed by atoms with Crippen molar-refractivity contribution in [2.75, 3.05) is 39.2 Å². The van der Waals surface area contributed by atoms with E-state index in [1.54, 1.807) is 12.1 Å². The van der Waals surface area contributed by atoms with Crippen LogP contribution in [0.25, 0.3) is 0 Å². The number of rotatable bonds is 11. The Labute approximate surface area is 207 Å². The Bertz CT molecular complexity index is 1580. The van der Waals surface area contributed by atoms with Crippen LogP contribution in [0, 0.1) is 0 Å². The van der Waals surface area contributed by atoms with Crippen LogP contribution in [-0.2, 0) is 30.3 Å². The number of benzene rings is 2. The number of hydrogen-bond donors (Lipinski definition) is 6. The smallest absolute Gasteiger partial charge is 0.294 e. The van der Waals surface area contributed by atoms with Gasteiger partial charge in [0, 0.05) is 17.9 Å². The minimum absolute atomic E-state index is 0.0516. The molecule has 0 atom stereocenters. The molecule has 1 heterocycles. The van der Waals surface area contributed by atoms with Gasteiger partial charge in [0.2, 0.25) is 27.9 Å². The first-order chi connectivity index (χ1) is 16.7. The van der Waals surface area contributed by atoms with E-state index in [9.17, 15) is 29.8 Å². The molecule has 2 aromatic carbocycles. The zero-order valence-corrected chi connectivity index (χ0v) is 20.9. The maximum Gasteiger partial charge on any atom is 0.294 e. The van der Waals surface area contributed by atoms with Crippen LogP contribution in [0.5, 0.6) is 0 Å². The lowest BCUT2D eigenvalue weighted by molar-refractivity contribution is 0.481. The summed E-state index contributed by atoms with van der Waals surface area (Å²) in [6, 6.07) is 11.3. The average molecular weight is 560 g/mol. The van der Waals surface area contributed by atoms with Crippen LogP contribution in [0.3, 0.4) is 0 Å². The zero-order chi connectivity index (χ0) is 26.6. The van der Waals surface area contributed by atoms with Gasteiger partial charge in [-0.15, -0.1) is 0 Å². The Balaban J connectivity index is 1.92. The predicted molar refractivity (Wildman–Crippen MR) is 132 cm³/mol. The molecule has 36 heavy (non-hydrogen) atoms. The Morgan fingerprint density at radius 1 is 0.750 bits per heavy atom. The number of aromatic nitrogens is 3. The fourth-order valence-corrected chi connectivity index (χ4v) is 4.17. The van der Waals surface area contributed by atoms with Crippen LogP contribution < -0.4 is 20.7 Å². The number of hydrogen-bond acceptors (Lipinski definition) is 12. The van der Waals surface area contributed by atoms with Crippen molar-refractivity contribution in [2.45, 2.75) is 4.90 Å². The number of nitrogens with zero attached hydrogens (tertiary/aromatic N) is 3. The summed E-state index contributed by atoms with van der Waals surface area (Å²) in [7, 11) is -12.2. The molecule has 194 valence electrons. The summed E-state index contributed by atoms with van der Waals surface area (Å²) >= 11 is 0. The molecule has 6 N–H and O–H groups in total. The van der Waals surface area contributed by atoms with Gasteiger partial charge in [-0.3, -0.25) is 13.8 Å². The summed E-state index contributed by atoms with van der Waals surface area (Å²) in [5, 5.41) is 8.24. The van der Waals surface area contributed by atoms with Crippen LogP contribution in [0.1, 0.15) is 0 Å². The van der Waals surface area contributed by atoms with Gasteiger partial charge in [0.05, 0.1) is 22.6 Å². The molecule has 0 aliphatic rings. The third-order valence-electron chi connectivity index (χ3n) is 4.09. The molecule has 0 aliphatic carbocycles. The van der Waals surface area contributed by atoms with Crippen molar-refractivity contribution in [1.29, 1.82) is 0 Å². The highest BCUT2D eigenvalue weighted by Crippen LogP contribution is 2.22. The highest BCUT2D eigenvalue weighted by molar-refractivity contribution is 7.92. The first kappa shape index (κ1) is 27.0. The molecule has 0 bridgehead atoms. The minimum Gasteiger partial charge on any atom is -0.353 e. The Morgan fingerprint density at radius 2 is 1.28 bits per heavy atom. The van der Waals surface area contributed by atoms with E-state index in [0.717, 1.165) is 12.3 Å². The molecule has 0 saturated heterocycles. The quantitative estimate of drug-likeness (QED) is 0.182. The van der Waals surface area contributed by atoms with Crippen LogP contribution >= 0.6 is 0 Å². The maximum atomic E-state index is 11.5. The molecule has 0 saturated carbocycles. The third-order valence-corrected chi connectivity index (χ3v) is 6.26. The second kappa shape index (κ2) is 10.6. The molecule has 0 radical (unpaired) electrons. The van der Waals surface area contributed by atoms with Gasteiger partial charge in [-0.2, -0.15) is 31.8 Å². The van der Waals surface area contributed by atoms with Gasteiger partial charge in [-0.25, -0.2) is 8.42 Å². The largest absolute Gasteiger partial charge is 0.353 e. The van der Waals surface area contributed by atoms with Gasteiger partial charge < -0.3 is 16.0 Å². The van der Waals surface area contributed by atoms with E-state index >= 15 is 0 Å². The van der Waals surface area contributed by atoms with Crippen molar-refractivity contribution in [3.05, 3.63) is 48.5 Å². The summed E-state index contributed by atoms with van der Waals surface area (Å²) < 4.78 is 88.3. The highest BCUT2D eigenvalue weighted by atomic mass is 32.2. The van der Waals surface area contributed by atoms with Crippen molar-refractivity contribution < 1.29 is 34.4 Å². The third kappa shape index (κ3) is 8.89. The lowest BCUT2D eigenvalue weighted by Crippen LogP contribution is -2.17. The first-order valence-corrected chi connectivity index (χ1v) is 14.7. The van der Waals surface area contributed by atoms with Gasteiger partial charge in [0.25, 0.3) is 20.2 Å². The number of anilines is 6. The lowest BCUT2D eigenvalue weighted by Gasteiger charge is -2.12. The van der Waals surface area contributed by atoms with E-state index in [0.29, 0.717) is 5.69 Å². The Hall–Kier alpha value is -3.58. The molecular formula is C18H21N7O8S3. The molecular weight excluding hydrogens is 538 g/mol. The van der Waals surface area contributed by atoms with Gasteiger partial charge >= 0.3 is 0 Å². The summed E-state index contributed by atoms with van der Waals surface area (Å²) in [6.45, 7) is -0.242. The maximum absolute atomic E-state index is 11.5. The lowest BCUT2D eigenvalue weighted by atomic mass is 10.3. The molecule has 3 rings (SSSR count). The second-order valence-electron chi connectivity index (χ2n) is 7.23. The minimum atomic E-state index is -4.46. The Morgan fingerprint density at radius 3 is 1.83 bits per heavy atom. The summed E-state index contributed by atoms with van der Waals surface area (Å²) in [5.74, 6) is -0.876. The molecule has 18 heteroatoms. The zero-order valence-electron chi connectivity index (χ0n) is 18.4. The fourth-order valence-electron chi connectivity index (χ4n) is 2.73.